The molecule has 6 nitrogen and oxygen atoms in total. The first-order valence-electron chi connectivity index (χ1n) is 8.63. The predicted octanol–water partition coefficient (Wildman–Crippen LogP) is 1.71. The number of nitrogens with zero attached hydrogens (tertiary/aromatic N) is 2. The van der Waals surface area contributed by atoms with Gasteiger partial charge >= 0.3 is 0 Å². The number of benzene rings is 2. The van der Waals surface area contributed by atoms with Crippen LogP contribution in [0.5, 0.6) is 0 Å². The number of carbonyl (C=O) groups is 1. The van der Waals surface area contributed by atoms with E-state index in [2.05, 4.69) is 0 Å². The average Bonchev–Trinajstić information content (AvgIpc) is 2.62. The van der Waals surface area contributed by atoms with E-state index in [0.29, 0.717) is 5.69 Å². The molecule has 0 aliphatic carbocycles. The van der Waals surface area contributed by atoms with E-state index in [4.69, 9.17) is 0 Å². The quantitative estimate of drug-likeness (QED) is 0.866. The Morgan fingerprint density at radius 1 is 1.19 bits per heavy atom. The molecule has 4 rings (SSSR count). The van der Waals surface area contributed by atoms with Gasteiger partial charge in [0.25, 0.3) is 10.0 Å². The summed E-state index contributed by atoms with van der Waals surface area (Å²) in [4.78, 5) is 13.6. The molecule has 27 heavy (non-hydrogen) atoms. The maximum atomic E-state index is 13.2. The van der Waals surface area contributed by atoms with Gasteiger partial charge in [-0.3, -0.25) is 9.10 Å². The highest BCUT2D eigenvalue weighted by molar-refractivity contribution is 7.92. The van der Waals surface area contributed by atoms with Gasteiger partial charge in [-0.2, -0.15) is 0 Å². The number of halogens is 1. The van der Waals surface area contributed by atoms with Crippen molar-refractivity contribution in [3.63, 3.8) is 0 Å². The van der Waals surface area contributed by atoms with Crippen LogP contribution in [0, 0.1) is 5.82 Å². The van der Waals surface area contributed by atoms with Crippen molar-refractivity contribution in [1.82, 2.24) is 4.90 Å². The largest absolute Gasteiger partial charge is 0.394 e. The molecule has 1 N–H and O–H groups in total. The molecule has 2 aliphatic heterocycles. The van der Waals surface area contributed by atoms with Crippen LogP contribution in [-0.2, 0) is 14.8 Å². The third kappa shape index (κ3) is 2.62. The summed E-state index contributed by atoms with van der Waals surface area (Å²) in [5.41, 5.74) is 1.32. The van der Waals surface area contributed by atoms with Crippen LogP contribution in [0.15, 0.2) is 53.4 Å². The highest BCUT2D eigenvalue weighted by Crippen LogP contribution is 2.49. The standard InChI is InChI=1S/C19H19FN2O4S/c1-12(24)22-17-10-21(27(25,26)14-8-6-13(20)7-9-14)16-5-3-2-4-15(16)19(17)18(22)11-23/h2-9,17-19,23H,10-11H2,1H3/t17-,18+,19+/m1/s1. The van der Waals surface area contributed by atoms with Gasteiger partial charge in [0, 0.05) is 12.8 Å². The Morgan fingerprint density at radius 2 is 1.85 bits per heavy atom. The van der Waals surface area contributed by atoms with Crippen LogP contribution in [0.1, 0.15) is 18.4 Å². The van der Waals surface area contributed by atoms with Crippen LogP contribution in [0.25, 0.3) is 0 Å². The highest BCUT2D eigenvalue weighted by atomic mass is 32.2. The molecule has 0 saturated carbocycles. The molecule has 1 amide bonds. The molecular formula is C19H19FN2O4S. The lowest BCUT2D eigenvalue weighted by Crippen LogP contribution is -2.70. The summed E-state index contributed by atoms with van der Waals surface area (Å²) in [6.45, 7) is 1.33. The summed E-state index contributed by atoms with van der Waals surface area (Å²) < 4.78 is 40.9. The van der Waals surface area contributed by atoms with Crippen LogP contribution in [0.2, 0.25) is 0 Å². The Bertz CT molecular complexity index is 993. The van der Waals surface area contributed by atoms with Crippen molar-refractivity contribution in [3.05, 3.63) is 59.9 Å². The van der Waals surface area contributed by atoms with Gasteiger partial charge in [-0.15, -0.1) is 0 Å². The average molecular weight is 390 g/mol. The number of para-hydroxylation sites is 1. The molecule has 0 aromatic heterocycles. The fraction of sp³-hybridized carbons (Fsp3) is 0.316. The summed E-state index contributed by atoms with van der Waals surface area (Å²) in [6, 6.07) is 11.1. The van der Waals surface area contributed by atoms with Crippen molar-refractivity contribution in [2.75, 3.05) is 17.5 Å². The Hall–Kier alpha value is -2.45. The Labute approximate surface area is 156 Å². The maximum absolute atomic E-state index is 13.2. The van der Waals surface area contributed by atoms with Crippen molar-refractivity contribution in [2.45, 2.75) is 29.8 Å². The Morgan fingerprint density at radius 3 is 2.48 bits per heavy atom. The molecule has 0 bridgehead atoms. The van der Waals surface area contributed by atoms with E-state index in [1.165, 1.54) is 23.4 Å². The van der Waals surface area contributed by atoms with Gasteiger partial charge in [0.2, 0.25) is 5.91 Å². The summed E-state index contributed by atoms with van der Waals surface area (Å²) in [6.07, 6.45) is 0. The zero-order valence-electron chi connectivity index (χ0n) is 14.6. The van der Waals surface area contributed by atoms with E-state index in [9.17, 15) is 22.7 Å². The van der Waals surface area contributed by atoms with Gasteiger partial charge < -0.3 is 10.0 Å². The van der Waals surface area contributed by atoms with E-state index in [-0.39, 0.29) is 42.0 Å². The molecule has 1 fully saturated rings. The minimum absolute atomic E-state index is 0.00967. The summed E-state index contributed by atoms with van der Waals surface area (Å²) >= 11 is 0. The highest BCUT2D eigenvalue weighted by Gasteiger charge is 2.55. The van der Waals surface area contributed by atoms with Gasteiger partial charge in [-0.05, 0) is 35.9 Å². The molecule has 2 aromatic carbocycles. The fourth-order valence-corrected chi connectivity index (χ4v) is 5.77. The number of likely N-dealkylation sites (tertiary alicyclic amines) is 1. The number of carbonyl (C=O) groups excluding carboxylic acids is 1. The first kappa shape index (κ1) is 17.9. The molecule has 0 radical (unpaired) electrons. The van der Waals surface area contributed by atoms with E-state index in [1.807, 2.05) is 12.1 Å². The fourth-order valence-electron chi connectivity index (χ4n) is 4.26. The lowest BCUT2D eigenvalue weighted by molar-refractivity contribution is -0.147. The number of hydrogen-bond acceptors (Lipinski definition) is 4. The normalized spacial score (nSPS) is 24.0. The van der Waals surface area contributed by atoms with Gasteiger partial charge in [0.1, 0.15) is 5.82 Å². The third-order valence-corrected chi connectivity index (χ3v) is 7.21. The second-order valence-corrected chi connectivity index (χ2v) is 8.68. The first-order valence-corrected chi connectivity index (χ1v) is 10.1. The zero-order chi connectivity index (χ0) is 19.3. The van der Waals surface area contributed by atoms with Crippen molar-refractivity contribution >= 4 is 21.6 Å². The molecule has 0 spiro atoms. The van der Waals surface area contributed by atoms with Crippen LogP contribution in [0.3, 0.4) is 0 Å². The Balaban J connectivity index is 1.81. The smallest absolute Gasteiger partial charge is 0.264 e. The molecule has 8 heteroatoms. The number of aliphatic hydroxyl groups is 1. The number of rotatable bonds is 3. The molecule has 142 valence electrons. The van der Waals surface area contributed by atoms with Gasteiger partial charge in [-0.1, -0.05) is 18.2 Å². The Kier molecular flexibility index (Phi) is 4.20. The van der Waals surface area contributed by atoms with E-state index < -0.39 is 15.8 Å². The van der Waals surface area contributed by atoms with Crippen molar-refractivity contribution in [1.29, 1.82) is 0 Å². The van der Waals surface area contributed by atoms with Crippen LogP contribution >= 0.6 is 0 Å². The first-order chi connectivity index (χ1) is 12.9. The summed E-state index contributed by atoms with van der Waals surface area (Å²) in [5.74, 6) is -0.829. The molecular weight excluding hydrogens is 371 g/mol. The topological polar surface area (TPSA) is 77.9 Å². The minimum Gasteiger partial charge on any atom is -0.394 e. The lowest BCUT2D eigenvalue weighted by atomic mass is 9.72. The van der Waals surface area contributed by atoms with Crippen molar-refractivity contribution < 1.29 is 22.7 Å². The molecule has 2 aliphatic rings. The molecule has 1 saturated heterocycles. The number of anilines is 1. The number of aliphatic hydroxyl groups excluding tert-OH is 1. The maximum Gasteiger partial charge on any atom is 0.264 e. The number of fused-ring (bicyclic) bond motifs is 3. The van der Waals surface area contributed by atoms with Crippen molar-refractivity contribution in [2.24, 2.45) is 0 Å². The SMILES string of the molecule is CC(=O)N1[C@@H]2CN(S(=O)(=O)c3ccc(F)cc3)c3ccccc3[C@@H]2[C@@H]1CO. The predicted molar refractivity (Wildman–Crippen MR) is 97.3 cm³/mol. The van der Waals surface area contributed by atoms with Gasteiger partial charge in [0.05, 0.1) is 35.8 Å². The van der Waals surface area contributed by atoms with Crippen LogP contribution in [-0.4, -0.2) is 49.6 Å². The number of hydrogen-bond donors (Lipinski definition) is 1. The van der Waals surface area contributed by atoms with Gasteiger partial charge in [0.15, 0.2) is 0 Å². The zero-order valence-corrected chi connectivity index (χ0v) is 15.4. The van der Waals surface area contributed by atoms with Gasteiger partial charge in [-0.25, -0.2) is 12.8 Å². The molecule has 2 heterocycles. The second-order valence-electron chi connectivity index (χ2n) is 6.82. The van der Waals surface area contributed by atoms with Crippen LogP contribution in [0.4, 0.5) is 10.1 Å². The molecule has 3 atom stereocenters. The second kappa shape index (κ2) is 6.31. The molecule has 0 unspecified atom stereocenters. The minimum atomic E-state index is -3.92. The molecule has 2 aromatic rings. The number of sulfonamides is 1. The van der Waals surface area contributed by atoms with E-state index >= 15 is 0 Å². The van der Waals surface area contributed by atoms with E-state index in [1.54, 1.807) is 17.0 Å². The lowest BCUT2D eigenvalue weighted by Gasteiger charge is -2.58. The van der Waals surface area contributed by atoms with Crippen LogP contribution < -0.4 is 4.31 Å². The summed E-state index contributed by atoms with van der Waals surface area (Å²) in [5, 5.41) is 9.74. The monoisotopic (exact) mass is 390 g/mol. The summed E-state index contributed by atoms with van der Waals surface area (Å²) in [7, 11) is -3.92. The third-order valence-electron chi connectivity index (χ3n) is 5.41. The number of amides is 1. The van der Waals surface area contributed by atoms with E-state index in [0.717, 1.165) is 17.7 Å². The van der Waals surface area contributed by atoms with Crippen molar-refractivity contribution in [3.8, 4) is 0 Å².